The van der Waals surface area contributed by atoms with Gasteiger partial charge in [-0.2, -0.15) is 0 Å². The maximum Gasteiger partial charge on any atom is 0.338 e. The molecule has 0 unspecified atom stereocenters. The molecule has 0 radical (unpaired) electrons. The van der Waals surface area contributed by atoms with Gasteiger partial charge in [0.05, 0.1) is 11.1 Å². The highest BCUT2D eigenvalue weighted by Gasteiger charge is 2.38. The van der Waals surface area contributed by atoms with Crippen molar-refractivity contribution in [3.05, 3.63) is 41.0 Å². The van der Waals surface area contributed by atoms with Crippen LogP contribution in [-0.2, 0) is 12.8 Å². The first-order valence-corrected chi connectivity index (χ1v) is 5.81. The number of aromatic carboxylic acids is 1. The molecule has 6 heteroatoms. The summed E-state index contributed by atoms with van der Waals surface area (Å²) in [5.41, 5.74) is 0.580. The van der Waals surface area contributed by atoms with Crippen LogP contribution in [0.3, 0.4) is 0 Å². The lowest BCUT2D eigenvalue weighted by Gasteiger charge is -2.22. The van der Waals surface area contributed by atoms with Gasteiger partial charge >= 0.3 is 5.97 Å². The zero-order valence-corrected chi connectivity index (χ0v) is 9.79. The Morgan fingerprint density at radius 2 is 2.16 bits per heavy atom. The Labute approximate surface area is 106 Å². The van der Waals surface area contributed by atoms with E-state index in [1.165, 1.54) is 16.7 Å². The Balaban J connectivity index is 2.35. The molecular formula is C13H10F3NO2. The number of hydrogen-bond donors (Lipinski definition) is 1. The average molecular weight is 269 g/mol. The monoisotopic (exact) mass is 269 g/mol. The molecule has 1 aliphatic rings. The highest BCUT2D eigenvalue weighted by molar-refractivity contribution is 5.98. The van der Waals surface area contributed by atoms with Gasteiger partial charge in [0.15, 0.2) is 0 Å². The number of carbonyl (C=O) groups is 1. The van der Waals surface area contributed by atoms with Crippen molar-refractivity contribution in [1.82, 2.24) is 4.40 Å². The fourth-order valence-corrected chi connectivity index (χ4v) is 2.70. The summed E-state index contributed by atoms with van der Waals surface area (Å²) in [6.07, 6.45) is 0.553. The van der Waals surface area contributed by atoms with Crippen LogP contribution in [0.15, 0.2) is 18.3 Å². The molecule has 0 saturated carbocycles. The molecule has 2 aromatic heterocycles. The van der Waals surface area contributed by atoms with Gasteiger partial charge in [0, 0.05) is 24.7 Å². The van der Waals surface area contributed by atoms with Crippen molar-refractivity contribution < 1.29 is 23.1 Å². The van der Waals surface area contributed by atoms with Crippen LogP contribution < -0.4 is 0 Å². The molecule has 0 fully saturated rings. The van der Waals surface area contributed by atoms with Crippen LogP contribution in [0.4, 0.5) is 13.2 Å². The highest BCUT2D eigenvalue weighted by atomic mass is 19.3. The van der Waals surface area contributed by atoms with Crippen molar-refractivity contribution in [2.75, 3.05) is 0 Å². The summed E-state index contributed by atoms with van der Waals surface area (Å²) in [6, 6.07) is 2.26. The van der Waals surface area contributed by atoms with Crippen molar-refractivity contribution in [1.29, 1.82) is 0 Å². The number of aryl methyl sites for hydroxylation is 1. The average Bonchev–Trinajstić information content (AvgIpc) is 2.59. The van der Waals surface area contributed by atoms with E-state index in [-0.39, 0.29) is 29.5 Å². The molecule has 1 aliphatic carbocycles. The molecule has 0 saturated heterocycles. The van der Waals surface area contributed by atoms with Crippen molar-refractivity contribution in [3.63, 3.8) is 0 Å². The maximum atomic E-state index is 13.5. The molecule has 2 aromatic rings. The summed E-state index contributed by atoms with van der Waals surface area (Å²) < 4.78 is 41.7. The van der Waals surface area contributed by atoms with Gasteiger partial charge in [0.25, 0.3) is 5.92 Å². The lowest BCUT2D eigenvalue weighted by Crippen LogP contribution is -2.26. The van der Waals surface area contributed by atoms with E-state index in [9.17, 15) is 23.1 Å². The van der Waals surface area contributed by atoms with Crippen LogP contribution in [0.1, 0.15) is 28.0 Å². The largest absolute Gasteiger partial charge is 0.478 e. The van der Waals surface area contributed by atoms with Gasteiger partial charge in [0.1, 0.15) is 5.82 Å². The van der Waals surface area contributed by atoms with Crippen LogP contribution in [0, 0.1) is 5.82 Å². The Morgan fingerprint density at radius 1 is 1.42 bits per heavy atom. The van der Waals surface area contributed by atoms with Crippen molar-refractivity contribution in [3.8, 4) is 0 Å². The van der Waals surface area contributed by atoms with Crippen molar-refractivity contribution in [2.45, 2.75) is 25.2 Å². The van der Waals surface area contributed by atoms with E-state index in [0.29, 0.717) is 5.69 Å². The van der Waals surface area contributed by atoms with Gasteiger partial charge in [-0.15, -0.1) is 0 Å². The fourth-order valence-electron chi connectivity index (χ4n) is 2.70. The number of fused-ring (bicyclic) bond motifs is 3. The lowest BCUT2D eigenvalue weighted by atomic mass is 9.91. The second kappa shape index (κ2) is 3.76. The molecule has 3 nitrogen and oxygen atoms in total. The molecule has 0 spiro atoms. The van der Waals surface area contributed by atoms with Gasteiger partial charge in [0.2, 0.25) is 0 Å². The van der Waals surface area contributed by atoms with Crippen LogP contribution in [-0.4, -0.2) is 21.4 Å². The molecule has 3 rings (SSSR count). The molecule has 0 atom stereocenters. The highest BCUT2D eigenvalue weighted by Crippen LogP contribution is 2.37. The summed E-state index contributed by atoms with van der Waals surface area (Å²) in [4.78, 5) is 11.3. The molecule has 0 aliphatic heterocycles. The number of aromatic nitrogens is 1. The minimum atomic E-state index is -2.90. The van der Waals surface area contributed by atoms with Crippen LogP contribution in [0.2, 0.25) is 0 Å². The second-order valence-electron chi connectivity index (χ2n) is 4.74. The fraction of sp³-hybridized carbons (Fsp3) is 0.308. The summed E-state index contributed by atoms with van der Waals surface area (Å²) in [5, 5.41) is 9.21. The van der Waals surface area contributed by atoms with E-state index in [2.05, 4.69) is 0 Å². The molecule has 0 amide bonds. The third-order valence-corrected chi connectivity index (χ3v) is 3.49. The van der Waals surface area contributed by atoms with Crippen LogP contribution >= 0.6 is 0 Å². The number of carboxylic acids is 1. The summed E-state index contributed by atoms with van der Waals surface area (Å²) >= 11 is 0. The Kier molecular flexibility index (Phi) is 2.39. The number of alkyl halides is 2. The third-order valence-electron chi connectivity index (χ3n) is 3.49. The minimum absolute atomic E-state index is 0.0857. The molecule has 0 bridgehead atoms. The molecule has 0 aromatic carbocycles. The zero-order chi connectivity index (χ0) is 13.8. The minimum Gasteiger partial charge on any atom is -0.478 e. The van der Waals surface area contributed by atoms with Crippen molar-refractivity contribution in [2.24, 2.45) is 0 Å². The van der Waals surface area contributed by atoms with Gasteiger partial charge in [-0.1, -0.05) is 0 Å². The number of halogens is 3. The summed E-state index contributed by atoms with van der Waals surface area (Å²) in [7, 11) is 0. The Hall–Kier alpha value is -1.98. The number of carboxylic acid groups (broad SMARTS) is 1. The molecule has 1 N–H and O–H groups in total. The first-order chi connectivity index (χ1) is 8.89. The van der Waals surface area contributed by atoms with E-state index in [0.717, 1.165) is 6.07 Å². The zero-order valence-electron chi connectivity index (χ0n) is 9.79. The standard InChI is InChI=1S/C13H10F3NO2/c14-7-2-4-17-9-1-3-13(15,16)6-8(9)11(12(18)19)10(17)5-7/h2,4-5H,1,3,6H2,(H,18,19). The van der Waals surface area contributed by atoms with Gasteiger partial charge in [-0.25, -0.2) is 18.0 Å². The third kappa shape index (κ3) is 1.78. The molecule has 19 heavy (non-hydrogen) atoms. The quantitative estimate of drug-likeness (QED) is 0.864. The predicted octanol–water partition coefficient (Wildman–Crippen LogP) is 2.90. The van der Waals surface area contributed by atoms with E-state index < -0.39 is 24.1 Å². The summed E-state index contributed by atoms with van der Waals surface area (Å²) in [5.74, 6) is -4.79. The van der Waals surface area contributed by atoms with E-state index in [4.69, 9.17) is 0 Å². The van der Waals surface area contributed by atoms with E-state index >= 15 is 0 Å². The van der Waals surface area contributed by atoms with Crippen LogP contribution in [0.5, 0.6) is 0 Å². The predicted molar refractivity (Wildman–Crippen MR) is 61.3 cm³/mol. The lowest BCUT2D eigenvalue weighted by molar-refractivity contribution is -0.0127. The molecule has 2 heterocycles. The summed E-state index contributed by atoms with van der Waals surface area (Å²) in [6.45, 7) is 0. The Bertz CT molecular complexity index is 691. The smallest absolute Gasteiger partial charge is 0.338 e. The molecular weight excluding hydrogens is 259 g/mol. The van der Waals surface area contributed by atoms with Crippen LogP contribution in [0.25, 0.3) is 5.52 Å². The SMILES string of the molecule is O=C(O)c1c2c(n3ccc(F)cc13)CCC(F)(F)C2. The number of rotatable bonds is 1. The second-order valence-corrected chi connectivity index (χ2v) is 4.74. The first-order valence-electron chi connectivity index (χ1n) is 5.81. The van der Waals surface area contributed by atoms with Crippen molar-refractivity contribution >= 4 is 11.5 Å². The Morgan fingerprint density at radius 3 is 2.84 bits per heavy atom. The number of pyridine rings is 1. The van der Waals surface area contributed by atoms with E-state index in [1.54, 1.807) is 0 Å². The normalized spacial score (nSPS) is 17.4. The van der Waals surface area contributed by atoms with Gasteiger partial charge in [-0.05, 0) is 24.1 Å². The molecule has 100 valence electrons. The van der Waals surface area contributed by atoms with Gasteiger partial charge in [-0.3, -0.25) is 0 Å². The maximum absolute atomic E-state index is 13.5. The van der Waals surface area contributed by atoms with E-state index in [1.807, 2.05) is 0 Å². The topological polar surface area (TPSA) is 41.7 Å². The number of nitrogens with zero attached hydrogens (tertiary/aromatic N) is 1. The first kappa shape index (κ1) is 12.1. The van der Waals surface area contributed by atoms with Gasteiger partial charge < -0.3 is 9.51 Å². The number of hydrogen-bond acceptors (Lipinski definition) is 1.